The van der Waals surface area contributed by atoms with Crippen LogP contribution >= 0.6 is 23.1 Å². The Morgan fingerprint density at radius 2 is 2.11 bits per heavy atom. The van der Waals surface area contributed by atoms with Crippen LogP contribution in [0.5, 0.6) is 0 Å². The van der Waals surface area contributed by atoms with Gasteiger partial charge in [-0.1, -0.05) is 49.0 Å². The van der Waals surface area contributed by atoms with Crippen molar-refractivity contribution in [3.05, 3.63) is 46.3 Å². The van der Waals surface area contributed by atoms with E-state index in [1.165, 1.54) is 35.2 Å². The second-order valence-corrected chi connectivity index (χ2v) is 8.86. The molecule has 0 saturated heterocycles. The molecule has 7 heteroatoms. The van der Waals surface area contributed by atoms with Crippen molar-refractivity contribution in [2.75, 3.05) is 24.6 Å². The number of nitrogens with one attached hydrogen (secondary N) is 1. The van der Waals surface area contributed by atoms with Crippen LogP contribution in [-0.2, 0) is 13.0 Å². The largest absolute Gasteiger partial charge is 0.383 e. The molecule has 1 atom stereocenters. The predicted octanol–water partition coefficient (Wildman–Crippen LogP) is 2.60. The molecule has 0 radical (unpaired) electrons. The molecule has 4 rings (SSSR count). The maximum atomic E-state index is 12.3. The SMILES string of the molecule is CCC[NH+]1CCc2c(sc3nc(SCC(=O)c4ccccc4)nc(N)c23)C1. The van der Waals surface area contributed by atoms with E-state index in [9.17, 15) is 4.79 Å². The number of ketones is 1. The number of quaternary nitrogens is 1. The zero-order chi connectivity index (χ0) is 18.8. The van der Waals surface area contributed by atoms with E-state index in [1.54, 1.807) is 16.2 Å². The van der Waals surface area contributed by atoms with Crippen LogP contribution < -0.4 is 10.6 Å². The molecule has 0 saturated carbocycles. The smallest absolute Gasteiger partial charge is 0.191 e. The van der Waals surface area contributed by atoms with E-state index in [1.807, 2.05) is 30.3 Å². The number of Topliss-reactive ketones (excluding diaryl/α,β-unsaturated/α-hetero) is 1. The summed E-state index contributed by atoms with van der Waals surface area (Å²) in [7, 11) is 0. The Kier molecular flexibility index (Phi) is 5.43. The summed E-state index contributed by atoms with van der Waals surface area (Å²) in [5.74, 6) is 0.937. The molecule has 1 aliphatic heterocycles. The minimum absolute atomic E-state index is 0.0761. The van der Waals surface area contributed by atoms with Crippen molar-refractivity contribution < 1.29 is 9.69 Å². The number of thiophene rings is 1. The molecule has 0 amide bonds. The van der Waals surface area contributed by atoms with Gasteiger partial charge in [-0.05, 0) is 12.0 Å². The first kappa shape index (κ1) is 18.4. The Bertz CT molecular complexity index is 971. The number of thioether (sulfide) groups is 1. The quantitative estimate of drug-likeness (QED) is 0.379. The normalized spacial score (nSPS) is 16.4. The fourth-order valence-corrected chi connectivity index (χ4v) is 5.71. The summed E-state index contributed by atoms with van der Waals surface area (Å²) in [6.07, 6.45) is 2.24. The molecule has 1 unspecified atom stereocenters. The van der Waals surface area contributed by atoms with E-state index >= 15 is 0 Å². The highest BCUT2D eigenvalue weighted by atomic mass is 32.2. The van der Waals surface area contributed by atoms with Crippen LogP contribution in [0.15, 0.2) is 35.5 Å². The summed E-state index contributed by atoms with van der Waals surface area (Å²) in [6.45, 7) is 5.64. The number of carbonyl (C=O) groups excluding carboxylic acids is 1. The van der Waals surface area contributed by atoms with Crippen molar-refractivity contribution in [3.63, 3.8) is 0 Å². The number of carbonyl (C=O) groups is 1. The van der Waals surface area contributed by atoms with Gasteiger partial charge in [-0.3, -0.25) is 4.79 Å². The number of hydrogen-bond donors (Lipinski definition) is 2. The van der Waals surface area contributed by atoms with E-state index in [2.05, 4.69) is 11.9 Å². The molecular weight excluding hydrogens is 376 g/mol. The summed E-state index contributed by atoms with van der Waals surface area (Å²) in [4.78, 5) is 25.5. The van der Waals surface area contributed by atoms with Crippen LogP contribution in [0, 0.1) is 0 Å². The number of fused-ring (bicyclic) bond motifs is 3. The lowest BCUT2D eigenvalue weighted by Gasteiger charge is -2.23. The number of nitrogens with two attached hydrogens (primary N) is 1. The van der Waals surface area contributed by atoms with Crippen LogP contribution in [0.2, 0.25) is 0 Å². The Hall–Kier alpha value is -1.96. The maximum absolute atomic E-state index is 12.3. The highest BCUT2D eigenvalue weighted by Crippen LogP contribution is 2.35. The van der Waals surface area contributed by atoms with Crippen LogP contribution in [0.3, 0.4) is 0 Å². The van der Waals surface area contributed by atoms with Crippen molar-refractivity contribution in [1.29, 1.82) is 0 Å². The highest BCUT2D eigenvalue weighted by molar-refractivity contribution is 7.99. The number of anilines is 1. The zero-order valence-electron chi connectivity index (χ0n) is 15.3. The van der Waals surface area contributed by atoms with Crippen molar-refractivity contribution >= 4 is 44.9 Å². The molecule has 3 aromatic rings. The van der Waals surface area contributed by atoms with E-state index in [0.717, 1.165) is 29.7 Å². The zero-order valence-corrected chi connectivity index (χ0v) is 17.0. The van der Waals surface area contributed by atoms with Gasteiger partial charge in [0, 0.05) is 12.0 Å². The summed E-state index contributed by atoms with van der Waals surface area (Å²) < 4.78 is 0. The van der Waals surface area contributed by atoms with Crippen molar-refractivity contribution in [2.24, 2.45) is 0 Å². The third-order valence-electron chi connectivity index (χ3n) is 4.91. The molecule has 0 aliphatic carbocycles. The van der Waals surface area contributed by atoms with Gasteiger partial charge in [-0.25, -0.2) is 9.97 Å². The van der Waals surface area contributed by atoms with Gasteiger partial charge in [0.1, 0.15) is 17.2 Å². The van der Waals surface area contributed by atoms with Gasteiger partial charge in [0.25, 0.3) is 0 Å². The average Bonchev–Trinajstić information content (AvgIpc) is 3.05. The second kappa shape index (κ2) is 7.96. The third-order valence-corrected chi connectivity index (χ3v) is 6.89. The molecule has 5 nitrogen and oxygen atoms in total. The lowest BCUT2D eigenvalue weighted by molar-refractivity contribution is -0.915. The molecular formula is C20H23N4OS2+. The molecule has 140 valence electrons. The fraction of sp³-hybridized carbons (Fsp3) is 0.350. The molecule has 3 N–H and O–H groups in total. The van der Waals surface area contributed by atoms with Gasteiger partial charge in [0.15, 0.2) is 10.9 Å². The molecule has 27 heavy (non-hydrogen) atoms. The number of benzene rings is 1. The standard InChI is InChI=1S/C20H22N4OS2/c1-2-9-24-10-8-14-16(11-24)27-19-17(14)18(21)22-20(23-19)26-12-15(25)13-6-4-3-5-7-13/h3-7H,2,8-12H2,1H3,(H2,21,22,23)/p+1. The van der Waals surface area contributed by atoms with Gasteiger partial charge in [0.05, 0.1) is 29.1 Å². The first-order chi connectivity index (χ1) is 13.2. The lowest BCUT2D eigenvalue weighted by atomic mass is 10.1. The topological polar surface area (TPSA) is 73.3 Å². The Labute approximate surface area is 167 Å². The summed E-state index contributed by atoms with van der Waals surface area (Å²) in [5, 5.41) is 1.62. The molecule has 0 spiro atoms. The van der Waals surface area contributed by atoms with Gasteiger partial charge in [-0.2, -0.15) is 0 Å². The van der Waals surface area contributed by atoms with Crippen LogP contribution in [0.4, 0.5) is 5.82 Å². The van der Waals surface area contributed by atoms with Crippen molar-refractivity contribution in [1.82, 2.24) is 9.97 Å². The summed E-state index contributed by atoms with van der Waals surface area (Å²) >= 11 is 3.09. The minimum atomic E-state index is 0.0761. The molecule has 0 bridgehead atoms. The Morgan fingerprint density at radius 3 is 2.89 bits per heavy atom. The highest BCUT2D eigenvalue weighted by Gasteiger charge is 2.26. The molecule has 1 aliphatic rings. The number of rotatable bonds is 6. The van der Waals surface area contributed by atoms with Crippen LogP contribution in [0.25, 0.3) is 10.2 Å². The number of hydrogen-bond acceptors (Lipinski definition) is 6. The van der Waals surface area contributed by atoms with Crippen molar-refractivity contribution in [3.8, 4) is 0 Å². The van der Waals surface area contributed by atoms with E-state index < -0.39 is 0 Å². The van der Waals surface area contributed by atoms with Crippen LogP contribution in [0.1, 0.15) is 34.1 Å². The molecule has 1 aromatic carbocycles. The summed E-state index contributed by atoms with van der Waals surface area (Å²) in [5.41, 5.74) is 8.34. The number of nitrogens with zero attached hydrogens (tertiary/aromatic N) is 2. The first-order valence-electron chi connectivity index (χ1n) is 9.28. The van der Waals surface area contributed by atoms with E-state index in [4.69, 9.17) is 10.7 Å². The monoisotopic (exact) mass is 399 g/mol. The van der Waals surface area contributed by atoms with Crippen molar-refractivity contribution in [2.45, 2.75) is 31.5 Å². The molecule has 0 fully saturated rings. The van der Waals surface area contributed by atoms with E-state index in [-0.39, 0.29) is 5.78 Å². The van der Waals surface area contributed by atoms with Gasteiger partial charge in [0.2, 0.25) is 0 Å². The second-order valence-electron chi connectivity index (χ2n) is 6.83. The van der Waals surface area contributed by atoms with Crippen LogP contribution in [-0.4, -0.2) is 34.6 Å². The minimum Gasteiger partial charge on any atom is -0.383 e. The third kappa shape index (κ3) is 3.85. The Balaban J connectivity index is 1.55. The maximum Gasteiger partial charge on any atom is 0.191 e. The molecule has 3 heterocycles. The van der Waals surface area contributed by atoms with Gasteiger partial charge < -0.3 is 10.6 Å². The van der Waals surface area contributed by atoms with Gasteiger partial charge >= 0.3 is 0 Å². The Morgan fingerprint density at radius 1 is 1.30 bits per heavy atom. The van der Waals surface area contributed by atoms with E-state index in [0.29, 0.717) is 22.3 Å². The number of aromatic nitrogens is 2. The predicted molar refractivity (Wildman–Crippen MR) is 112 cm³/mol. The average molecular weight is 400 g/mol. The number of nitrogen functional groups attached to an aromatic ring is 1. The summed E-state index contributed by atoms with van der Waals surface area (Å²) in [6, 6.07) is 9.32. The van der Waals surface area contributed by atoms with Gasteiger partial charge in [-0.15, -0.1) is 11.3 Å². The lowest BCUT2D eigenvalue weighted by Crippen LogP contribution is -3.11. The molecule has 2 aromatic heterocycles. The first-order valence-corrected chi connectivity index (χ1v) is 11.1. The fourth-order valence-electron chi connectivity index (χ4n) is 3.60.